The largest absolute Gasteiger partial charge is 0.481 e. The van der Waals surface area contributed by atoms with E-state index in [2.05, 4.69) is 10.6 Å². The number of fused-ring (bicyclic) bond motifs is 1. The van der Waals surface area contributed by atoms with Gasteiger partial charge in [0.25, 0.3) is 5.91 Å². The lowest BCUT2D eigenvalue weighted by Crippen LogP contribution is -2.30. The average molecular weight is 573 g/mol. The second kappa shape index (κ2) is 11.8. The molecule has 0 radical (unpaired) electrons. The van der Waals surface area contributed by atoms with Crippen LogP contribution >= 0.6 is 23.2 Å². The number of pyridine rings is 1. The maximum atomic E-state index is 13.6. The van der Waals surface area contributed by atoms with Crippen molar-refractivity contribution >= 4 is 46.5 Å². The Morgan fingerprint density at radius 3 is 2.42 bits per heavy atom. The van der Waals surface area contributed by atoms with Crippen LogP contribution in [0.3, 0.4) is 0 Å². The van der Waals surface area contributed by atoms with Gasteiger partial charge < -0.3 is 15.7 Å². The van der Waals surface area contributed by atoms with E-state index < -0.39 is 17.9 Å². The molecule has 2 aromatic heterocycles. The number of amides is 1. The van der Waals surface area contributed by atoms with E-state index in [9.17, 15) is 14.7 Å². The number of aromatic nitrogens is 2. The first-order valence-electron chi connectivity index (χ1n) is 12.6. The van der Waals surface area contributed by atoms with Crippen molar-refractivity contribution in [3.05, 3.63) is 123 Å². The summed E-state index contributed by atoms with van der Waals surface area (Å²) in [5, 5.41) is 16.5. The molecule has 0 fully saturated rings. The van der Waals surface area contributed by atoms with E-state index in [0.29, 0.717) is 34.0 Å². The third-order valence-electron chi connectivity index (χ3n) is 6.63. The maximum Gasteiger partial charge on any atom is 0.305 e. The lowest BCUT2D eigenvalue weighted by Gasteiger charge is -2.18. The van der Waals surface area contributed by atoms with Gasteiger partial charge in [0.15, 0.2) is 5.65 Å². The van der Waals surface area contributed by atoms with Gasteiger partial charge in [0.05, 0.1) is 28.1 Å². The van der Waals surface area contributed by atoms with Crippen LogP contribution in [-0.2, 0) is 11.3 Å². The number of nitrogens with zero attached hydrogens (tertiary/aromatic N) is 2. The van der Waals surface area contributed by atoms with Crippen molar-refractivity contribution in [1.29, 1.82) is 0 Å². The van der Waals surface area contributed by atoms with Crippen LogP contribution in [0.4, 0.5) is 5.82 Å². The summed E-state index contributed by atoms with van der Waals surface area (Å²) in [5.41, 5.74) is 5.07. The highest BCUT2D eigenvalue weighted by Crippen LogP contribution is 2.33. The van der Waals surface area contributed by atoms with Gasteiger partial charge in [-0.3, -0.25) is 14.0 Å². The quantitative estimate of drug-likeness (QED) is 0.174. The maximum absolute atomic E-state index is 13.6. The molecular weight excluding hydrogens is 547 g/mol. The van der Waals surface area contributed by atoms with Crippen LogP contribution in [0, 0.1) is 6.92 Å². The number of carboxylic acids is 1. The molecule has 0 saturated carbocycles. The summed E-state index contributed by atoms with van der Waals surface area (Å²) in [7, 11) is 0. The van der Waals surface area contributed by atoms with E-state index in [1.807, 2.05) is 72.1 Å². The lowest BCUT2D eigenvalue weighted by molar-refractivity contribution is -0.137. The molecule has 0 aliphatic carbocycles. The van der Waals surface area contributed by atoms with Crippen LogP contribution in [0.1, 0.15) is 39.5 Å². The Morgan fingerprint density at radius 1 is 0.950 bits per heavy atom. The minimum absolute atomic E-state index is 0.274. The molecule has 0 bridgehead atoms. The second-order valence-electron chi connectivity index (χ2n) is 9.38. The van der Waals surface area contributed by atoms with Gasteiger partial charge >= 0.3 is 5.97 Å². The number of rotatable bonds is 9. The number of carboxylic acid groups (broad SMARTS) is 1. The van der Waals surface area contributed by atoms with Gasteiger partial charge in [-0.05, 0) is 47.9 Å². The molecule has 0 saturated heterocycles. The van der Waals surface area contributed by atoms with E-state index >= 15 is 0 Å². The molecule has 1 amide bonds. The molecule has 9 heteroatoms. The molecule has 3 N–H and O–H groups in total. The predicted molar refractivity (Wildman–Crippen MR) is 158 cm³/mol. The molecule has 2 heterocycles. The van der Waals surface area contributed by atoms with Gasteiger partial charge in [-0.1, -0.05) is 83.9 Å². The minimum atomic E-state index is -1.07. The normalized spacial score (nSPS) is 11.8. The number of nitrogens with one attached hydrogen (secondary N) is 2. The molecule has 7 nitrogen and oxygen atoms in total. The summed E-state index contributed by atoms with van der Waals surface area (Å²) in [6.07, 6.45) is 1.52. The Balaban J connectivity index is 1.56. The van der Waals surface area contributed by atoms with Crippen LogP contribution < -0.4 is 10.6 Å². The number of imidazole rings is 1. The van der Waals surface area contributed by atoms with Crippen molar-refractivity contribution in [2.24, 2.45) is 0 Å². The van der Waals surface area contributed by atoms with Crippen molar-refractivity contribution in [3.63, 3.8) is 0 Å². The Labute approximate surface area is 241 Å². The summed E-state index contributed by atoms with van der Waals surface area (Å²) >= 11 is 12.2. The smallest absolute Gasteiger partial charge is 0.305 e. The van der Waals surface area contributed by atoms with Gasteiger partial charge in [0, 0.05) is 18.3 Å². The highest BCUT2D eigenvalue weighted by molar-refractivity contribution is 6.42. The minimum Gasteiger partial charge on any atom is -0.481 e. The van der Waals surface area contributed by atoms with Crippen LogP contribution in [0.2, 0.25) is 10.0 Å². The van der Waals surface area contributed by atoms with Crippen molar-refractivity contribution in [2.75, 3.05) is 5.32 Å². The number of benzene rings is 3. The second-order valence-corrected chi connectivity index (χ2v) is 10.2. The zero-order valence-electron chi connectivity index (χ0n) is 21.6. The molecular formula is C31H26Cl2N4O3. The zero-order chi connectivity index (χ0) is 28.2. The van der Waals surface area contributed by atoms with E-state index in [1.54, 1.807) is 30.3 Å². The van der Waals surface area contributed by atoms with Crippen molar-refractivity contribution in [1.82, 2.24) is 14.7 Å². The van der Waals surface area contributed by atoms with Gasteiger partial charge in [0.1, 0.15) is 11.5 Å². The van der Waals surface area contributed by atoms with Crippen LogP contribution in [0.25, 0.3) is 16.9 Å². The van der Waals surface area contributed by atoms with Crippen molar-refractivity contribution < 1.29 is 14.7 Å². The fourth-order valence-electron chi connectivity index (χ4n) is 4.61. The molecule has 3 aromatic carbocycles. The number of halogens is 2. The molecule has 202 valence electrons. The van der Waals surface area contributed by atoms with Gasteiger partial charge in [-0.25, -0.2) is 4.98 Å². The molecule has 0 aliphatic heterocycles. The number of anilines is 1. The first-order valence-corrected chi connectivity index (χ1v) is 13.4. The van der Waals surface area contributed by atoms with Gasteiger partial charge in [-0.2, -0.15) is 0 Å². The fourth-order valence-corrected chi connectivity index (χ4v) is 4.92. The van der Waals surface area contributed by atoms with E-state index in [-0.39, 0.29) is 11.4 Å². The Bertz CT molecular complexity index is 1700. The number of aryl methyl sites for hydroxylation is 1. The highest BCUT2D eigenvalue weighted by atomic mass is 35.5. The third kappa shape index (κ3) is 5.81. The molecule has 5 rings (SSSR count). The first-order chi connectivity index (χ1) is 19.3. The molecule has 1 unspecified atom stereocenters. The van der Waals surface area contributed by atoms with Crippen LogP contribution in [0.5, 0.6) is 0 Å². The summed E-state index contributed by atoms with van der Waals surface area (Å²) in [4.78, 5) is 30.2. The summed E-state index contributed by atoms with van der Waals surface area (Å²) < 4.78 is 1.85. The predicted octanol–water partition coefficient (Wildman–Crippen LogP) is 7.17. The lowest BCUT2D eigenvalue weighted by atomic mass is 10.0. The summed E-state index contributed by atoms with van der Waals surface area (Å²) in [6.45, 7) is 2.57. The first kappa shape index (κ1) is 27.2. The average Bonchev–Trinajstić information content (AvgIpc) is 3.32. The van der Waals surface area contributed by atoms with Crippen molar-refractivity contribution in [3.8, 4) is 11.3 Å². The zero-order valence-corrected chi connectivity index (χ0v) is 23.1. The number of hydrogen-bond donors (Lipinski definition) is 3. The van der Waals surface area contributed by atoms with Crippen LogP contribution in [0.15, 0.2) is 91.1 Å². The van der Waals surface area contributed by atoms with Crippen molar-refractivity contribution in [2.45, 2.75) is 25.9 Å². The topological polar surface area (TPSA) is 95.7 Å². The summed E-state index contributed by atoms with van der Waals surface area (Å²) in [6, 6.07) is 25.3. The Morgan fingerprint density at radius 2 is 1.70 bits per heavy atom. The van der Waals surface area contributed by atoms with Gasteiger partial charge in [-0.15, -0.1) is 0 Å². The SMILES string of the molecule is Cc1ccccc1-c1nc2c(C(=O)NC(CC(=O)O)c3ccc(Cl)c(Cl)c3)cccn2c1NCc1ccccc1. The van der Waals surface area contributed by atoms with Crippen LogP contribution in [-0.4, -0.2) is 26.4 Å². The van der Waals surface area contributed by atoms with Gasteiger partial charge in [0.2, 0.25) is 0 Å². The van der Waals surface area contributed by atoms with E-state index in [1.165, 1.54) is 0 Å². The number of carbonyl (C=O) groups excluding carboxylic acids is 1. The Hall–Kier alpha value is -4.33. The Kier molecular flexibility index (Phi) is 8.05. The van der Waals surface area contributed by atoms with E-state index in [0.717, 1.165) is 22.5 Å². The molecule has 0 spiro atoms. The van der Waals surface area contributed by atoms with E-state index in [4.69, 9.17) is 28.2 Å². The molecule has 0 aliphatic rings. The molecule has 5 aromatic rings. The molecule has 40 heavy (non-hydrogen) atoms. The monoisotopic (exact) mass is 572 g/mol. The number of carbonyl (C=O) groups is 2. The number of hydrogen-bond acceptors (Lipinski definition) is 4. The number of aliphatic carboxylic acids is 1. The highest BCUT2D eigenvalue weighted by Gasteiger charge is 2.24. The standard InChI is InChI=1S/C31H26Cl2N4O3/c1-19-8-5-6-11-22(19)28-30(34-18-20-9-3-2-4-10-20)37-15-7-12-23(29(37)36-28)31(40)35-26(17-27(38)39)21-13-14-24(32)25(33)16-21/h2-16,26,34H,17-18H2,1H3,(H,35,40)(H,38,39). The third-order valence-corrected chi connectivity index (χ3v) is 7.37. The summed E-state index contributed by atoms with van der Waals surface area (Å²) in [5.74, 6) is -0.780. The molecule has 1 atom stereocenters. The fraction of sp³-hybridized carbons (Fsp3) is 0.129.